The summed E-state index contributed by atoms with van der Waals surface area (Å²) in [5.74, 6) is 0. The fourth-order valence-corrected chi connectivity index (χ4v) is 5.96. The third-order valence-corrected chi connectivity index (χ3v) is 8.17. The van der Waals surface area contributed by atoms with Crippen LogP contribution in [0.2, 0.25) is 13.1 Å². The Hall–Kier alpha value is -3.80. The zero-order chi connectivity index (χ0) is 33.8. The molecule has 8 aromatic rings. The smallest absolute Gasteiger partial charge is 0.0493 e. The van der Waals surface area contributed by atoms with Gasteiger partial charge >= 0.3 is 41.9 Å². The minimum absolute atomic E-state index is 0. The molecule has 0 N–H and O–H groups in total. The van der Waals surface area contributed by atoms with E-state index >= 15 is 0 Å². The summed E-state index contributed by atoms with van der Waals surface area (Å²) in [6.07, 6.45) is 7.59. The van der Waals surface area contributed by atoms with Crippen LogP contribution in [0, 0.1) is 27.7 Å². The molecule has 0 amide bonds. The molecule has 2 heterocycles. The number of fused-ring (bicyclic) bond motifs is 2. The van der Waals surface area contributed by atoms with E-state index < -0.39 is 0 Å². The average Bonchev–Trinajstić information content (AvgIpc) is 3.88. The first kappa shape index (κ1) is 39.0. The molecule has 0 saturated heterocycles. The first-order valence-corrected chi connectivity index (χ1v) is 22.4. The minimum Gasteiger partial charge on any atom is -1.00 e. The van der Waals surface area contributed by atoms with Crippen molar-refractivity contribution in [2.45, 2.75) is 40.8 Å². The number of benzene rings is 4. The SMILES string of the molecule is C[Si](C)=[Zr+2].Cc1ccc(-c2cc(-n3cccn3)cc3[cH-]c(C)cc23)cc1.Cc1ccc(-c2cc(-n3cccn3)cc3[cH-]c(C)cc23)cc1.[Cl-].[Cl-]. The molecule has 0 fully saturated rings. The Balaban J connectivity index is 0.000000196. The van der Waals surface area contributed by atoms with E-state index in [-0.39, 0.29) is 30.2 Å². The second kappa shape index (κ2) is 17.4. The number of halogens is 2. The molecule has 0 radical (unpaired) electrons. The van der Waals surface area contributed by atoms with Crippen LogP contribution in [0.15, 0.2) is 134 Å². The fourth-order valence-electron chi connectivity index (χ4n) is 5.96. The standard InChI is InChI=1S/2C20H17N2.C2H6Si.2ClH.Zr/c2*1-14-4-6-16(7-5-14)20-13-18(22-9-3-8-21-22)12-17-10-15(2)11-19(17)20;1-3-2;;;/h2*3-13H,1-2H3;1-2H3;2*1H;/q2*-1;;;;+2/p-2. The maximum atomic E-state index is 4.37. The van der Waals surface area contributed by atoms with E-state index in [1.807, 2.05) is 46.3 Å². The molecule has 0 saturated carbocycles. The third kappa shape index (κ3) is 9.30. The molecule has 252 valence electrons. The maximum absolute atomic E-state index is 4.37. The summed E-state index contributed by atoms with van der Waals surface area (Å²) < 4.78 is 3.83. The zero-order valence-electron chi connectivity index (χ0n) is 29.2. The quantitative estimate of drug-likeness (QED) is 0.189. The third-order valence-electron chi connectivity index (χ3n) is 8.17. The van der Waals surface area contributed by atoms with Gasteiger partial charge in [0.25, 0.3) is 0 Å². The van der Waals surface area contributed by atoms with Gasteiger partial charge < -0.3 is 24.8 Å². The molecule has 8 heteroatoms. The Kier molecular flexibility index (Phi) is 13.6. The first-order chi connectivity index (χ1) is 23.1. The van der Waals surface area contributed by atoms with E-state index in [0.717, 1.165) is 11.4 Å². The van der Waals surface area contributed by atoms with Crippen molar-refractivity contribution in [1.29, 1.82) is 0 Å². The van der Waals surface area contributed by atoms with E-state index in [2.05, 4.69) is 148 Å². The van der Waals surface area contributed by atoms with Crippen LogP contribution in [0.5, 0.6) is 0 Å². The monoisotopic (exact) mass is 788 g/mol. The van der Waals surface area contributed by atoms with Crippen molar-refractivity contribution in [2.75, 3.05) is 0 Å². The van der Waals surface area contributed by atoms with Crippen molar-refractivity contribution < 1.29 is 48.1 Å². The Morgan fingerprint density at radius 3 is 1.24 bits per heavy atom. The molecule has 0 unspecified atom stereocenters. The van der Waals surface area contributed by atoms with Crippen molar-refractivity contribution in [3.8, 4) is 33.6 Å². The molecule has 4 nitrogen and oxygen atoms in total. The van der Waals surface area contributed by atoms with E-state index in [4.69, 9.17) is 0 Å². The van der Waals surface area contributed by atoms with E-state index in [0.29, 0.717) is 0 Å². The van der Waals surface area contributed by atoms with Gasteiger partial charge in [-0.05, 0) is 49.2 Å². The summed E-state index contributed by atoms with van der Waals surface area (Å²) in [4.78, 5) is 0. The van der Waals surface area contributed by atoms with Gasteiger partial charge in [-0.25, -0.2) is 0 Å². The molecule has 8 rings (SSSR count). The Labute approximate surface area is 323 Å². The van der Waals surface area contributed by atoms with Crippen LogP contribution in [0.25, 0.3) is 55.2 Å². The summed E-state index contributed by atoms with van der Waals surface area (Å²) in [6.45, 7) is 13.1. The summed E-state index contributed by atoms with van der Waals surface area (Å²) >= 11 is 1.74. The van der Waals surface area contributed by atoms with Gasteiger partial charge in [-0.2, -0.15) is 22.3 Å². The van der Waals surface area contributed by atoms with Gasteiger partial charge in [-0.1, -0.05) is 84.6 Å². The van der Waals surface area contributed by atoms with Gasteiger partial charge in [0.15, 0.2) is 0 Å². The molecule has 0 aliphatic heterocycles. The van der Waals surface area contributed by atoms with Gasteiger partial charge in [-0.3, -0.25) is 9.36 Å². The molecule has 0 aliphatic rings. The van der Waals surface area contributed by atoms with Crippen molar-refractivity contribution in [3.05, 3.63) is 156 Å². The molecule has 2 aromatic heterocycles. The van der Waals surface area contributed by atoms with Gasteiger partial charge in [0.05, 0.1) is 0 Å². The van der Waals surface area contributed by atoms with Crippen molar-refractivity contribution in [3.63, 3.8) is 0 Å². The van der Waals surface area contributed by atoms with Crippen LogP contribution < -0.4 is 24.8 Å². The Morgan fingerprint density at radius 1 is 0.560 bits per heavy atom. The first-order valence-electron chi connectivity index (χ1n) is 16.2. The summed E-state index contributed by atoms with van der Waals surface area (Å²) in [5, 5.41) is 13.9. The topological polar surface area (TPSA) is 35.6 Å². The molecule has 0 atom stereocenters. The van der Waals surface area contributed by atoms with Crippen LogP contribution in [-0.4, -0.2) is 25.0 Å². The van der Waals surface area contributed by atoms with Crippen LogP contribution in [-0.2, 0) is 23.3 Å². The van der Waals surface area contributed by atoms with Crippen LogP contribution in [0.4, 0.5) is 0 Å². The van der Waals surface area contributed by atoms with E-state index in [1.165, 1.54) is 66.1 Å². The fraction of sp³-hybridized carbons (Fsp3) is 0.143. The number of nitrogens with zero attached hydrogens (tertiary/aromatic N) is 4. The summed E-state index contributed by atoms with van der Waals surface area (Å²) in [6, 6.07) is 39.2. The molecule has 50 heavy (non-hydrogen) atoms. The normalized spacial score (nSPS) is 10.4. The van der Waals surface area contributed by atoms with E-state index in [9.17, 15) is 0 Å². The van der Waals surface area contributed by atoms with Crippen molar-refractivity contribution >= 4 is 27.0 Å². The van der Waals surface area contributed by atoms with Crippen LogP contribution in [0.1, 0.15) is 22.3 Å². The van der Waals surface area contributed by atoms with Gasteiger partial charge in [-0.15, -0.1) is 56.9 Å². The van der Waals surface area contributed by atoms with Gasteiger partial charge in [0, 0.05) is 36.2 Å². The largest absolute Gasteiger partial charge is 1.00 e. The number of hydrogen-bond acceptors (Lipinski definition) is 2. The predicted molar refractivity (Wildman–Crippen MR) is 201 cm³/mol. The molecule has 0 spiro atoms. The van der Waals surface area contributed by atoms with E-state index in [1.54, 1.807) is 23.3 Å². The average molecular weight is 791 g/mol. The van der Waals surface area contributed by atoms with Crippen LogP contribution >= 0.6 is 0 Å². The maximum Gasteiger partial charge on any atom is 0.0493 e. The van der Waals surface area contributed by atoms with Crippen molar-refractivity contribution in [2.24, 2.45) is 0 Å². The second-order valence-electron chi connectivity index (χ2n) is 12.7. The number of hydrogen-bond donors (Lipinski definition) is 0. The molecular weight excluding hydrogens is 751 g/mol. The second-order valence-corrected chi connectivity index (χ2v) is 22.1. The van der Waals surface area contributed by atoms with Crippen LogP contribution in [0.3, 0.4) is 0 Å². The molecule has 0 bridgehead atoms. The zero-order valence-corrected chi connectivity index (χ0v) is 34.2. The van der Waals surface area contributed by atoms with Gasteiger partial charge in [0.2, 0.25) is 0 Å². The molecule has 0 aliphatic carbocycles. The molecule has 6 aromatic carbocycles. The number of aryl methyl sites for hydroxylation is 4. The Bertz CT molecular complexity index is 2140. The Morgan fingerprint density at radius 2 is 0.920 bits per heavy atom. The predicted octanol–water partition coefficient (Wildman–Crippen LogP) is 4.85. The molecular formula is C42H40Cl2N4SiZr-2. The summed E-state index contributed by atoms with van der Waals surface area (Å²) in [5.41, 5.74) is 12.6. The summed E-state index contributed by atoms with van der Waals surface area (Å²) in [7, 11) is 0. The number of rotatable bonds is 4. The minimum atomic E-state index is 0. The number of aromatic nitrogens is 4. The van der Waals surface area contributed by atoms with Crippen molar-refractivity contribution in [1.82, 2.24) is 19.6 Å². The van der Waals surface area contributed by atoms with Gasteiger partial charge in [0.1, 0.15) is 0 Å².